The van der Waals surface area contributed by atoms with Gasteiger partial charge in [-0.05, 0) is 18.8 Å². The van der Waals surface area contributed by atoms with Crippen LogP contribution in [0.25, 0.3) is 0 Å². The van der Waals surface area contributed by atoms with Crippen LogP contribution in [0.3, 0.4) is 0 Å². The second kappa shape index (κ2) is 2.65. The molecule has 0 bridgehead atoms. The average Bonchev–Trinajstić information content (AvgIpc) is 1.83. The molecule has 0 saturated heterocycles. The van der Waals surface area contributed by atoms with Gasteiger partial charge in [-0.15, -0.1) is 0 Å². The normalized spacial score (nSPS) is 45.0. The van der Waals surface area contributed by atoms with E-state index >= 15 is 0 Å². The summed E-state index contributed by atoms with van der Waals surface area (Å²) in [7, 11) is 0. The van der Waals surface area contributed by atoms with Crippen LogP contribution in [0.4, 0.5) is 4.39 Å². The molecule has 54 valence electrons. The monoisotopic (exact) mass is 131 g/mol. The molecule has 1 aliphatic rings. The van der Waals surface area contributed by atoms with Crippen LogP contribution < -0.4 is 5.73 Å². The van der Waals surface area contributed by atoms with E-state index in [1.807, 2.05) is 6.92 Å². The van der Waals surface area contributed by atoms with Gasteiger partial charge >= 0.3 is 0 Å². The van der Waals surface area contributed by atoms with E-state index < -0.39 is 6.17 Å². The number of hydrogen-bond donors (Lipinski definition) is 1. The van der Waals surface area contributed by atoms with Crippen LogP contribution in [0.15, 0.2) is 0 Å². The van der Waals surface area contributed by atoms with Crippen molar-refractivity contribution in [2.75, 3.05) is 0 Å². The van der Waals surface area contributed by atoms with Gasteiger partial charge in [0.25, 0.3) is 0 Å². The van der Waals surface area contributed by atoms with Gasteiger partial charge < -0.3 is 5.73 Å². The fourth-order valence-electron chi connectivity index (χ4n) is 1.42. The number of hydrogen-bond acceptors (Lipinski definition) is 1. The van der Waals surface area contributed by atoms with Gasteiger partial charge in [0.2, 0.25) is 0 Å². The van der Waals surface area contributed by atoms with E-state index in [0.717, 1.165) is 19.3 Å². The third kappa shape index (κ3) is 1.42. The Morgan fingerprint density at radius 3 is 2.56 bits per heavy atom. The minimum Gasteiger partial charge on any atom is -0.325 e. The van der Waals surface area contributed by atoms with E-state index in [0.29, 0.717) is 0 Å². The van der Waals surface area contributed by atoms with Gasteiger partial charge in [-0.2, -0.15) is 0 Å². The molecule has 1 nitrogen and oxygen atoms in total. The molecule has 0 radical (unpaired) electrons. The summed E-state index contributed by atoms with van der Waals surface area (Å²) in [6.07, 6.45) is 2.22. The second-order valence-electron chi connectivity index (χ2n) is 3.02. The lowest BCUT2D eigenvalue weighted by molar-refractivity contribution is 0.153. The Labute approximate surface area is 55.4 Å². The summed E-state index contributed by atoms with van der Waals surface area (Å²) < 4.78 is 12.8. The molecule has 0 aromatic carbocycles. The quantitative estimate of drug-likeness (QED) is 0.529. The van der Waals surface area contributed by atoms with Crippen LogP contribution in [-0.4, -0.2) is 12.2 Å². The molecular weight excluding hydrogens is 117 g/mol. The SMILES string of the molecule is C[C@@H]1CCCC(N)C1F. The molecule has 3 atom stereocenters. The van der Waals surface area contributed by atoms with Gasteiger partial charge in [-0.25, -0.2) is 4.39 Å². The molecule has 9 heavy (non-hydrogen) atoms. The molecule has 1 rings (SSSR count). The molecule has 0 aliphatic heterocycles. The lowest BCUT2D eigenvalue weighted by Crippen LogP contribution is -2.39. The molecule has 2 heteroatoms. The van der Waals surface area contributed by atoms with Gasteiger partial charge in [0.15, 0.2) is 0 Å². The van der Waals surface area contributed by atoms with Crippen LogP contribution >= 0.6 is 0 Å². The van der Waals surface area contributed by atoms with Crippen molar-refractivity contribution in [1.29, 1.82) is 0 Å². The van der Waals surface area contributed by atoms with E-state index in [4.69, 9.17) is 5.73 Å². The first-order valence-corrected chi connectivity index (χ1v) is 3.61. The fraction of sp³-hybridized carbons (Fsp3) is 1.00. The molecule has 0 amide bonds. The van der Waals surface area contributed by atoms with E-state index in [1.54, 1.807) is 0 Å². The first-order valence-electron chi connectivity index (χ1n) is 3.61. The molecule has 0 spiro atoms. The van der Waals surface area contributed by atoms with Gasteiger partial charge in [0.05, 0.1) is 0 Å². The van der Waals surface area contributed by atoms with Crippen molar-refractivity contribution in [2.24, 2.45) is 11.7 Å². The highest BCUT2D eigenvalue weighted by atomic mass is 19.1. The zero-order valence-electron chi connectivity index (χ0n) is 5.81. The molecule has 0 heterocycles. The molecule has 0 aromatic rings. The van der Waals surface area contributed by atoms with Crippen molar-refractivity contribution in [3.8, 4) is 0 Å². The second-order valence-corrected chi connectivity index (χ2v) is 3.02. The largest absolute Gasteiger partial charge is 0.325 e. The highest BCUT2D eigenvalue weighted by Crippen LogP contribution is 2.25. The van der Waals surface area contributed by atoms with E-state index in [-0.39, 0.29) is 12.0 Å². The number of alkyl halides is 1. The lowest BCUT2D eigenvalue weighted by Gasteiger charge is -2.27. The predicted octanol–water partition coefficient (Wildman–Crippen LogP) is 1.47. The van der Waals surface area contributed by atoms with Gasteiger partial charge in [-0.1, -0.05) is 13.3 Å². The van der Waals surface area contributed by atoms with Crippen LogP contribution in [0, 0.1) is 5.92 Å². The van der Waals surface area contributed by atoms with Crippen molar-refractivity contribution in [2.45, 2.75) is 38.4 Å². The summed E-state index contributed by atoms with van der Waals surface area (Å²) >= 11 is 0. The Kier molecular flexibility index (Phi) is 2.06. The van der Waals surface area contributed by atoms with E-state index in [1.165, 1.54) is 0 Å². The van der Waals surface area contributed by atoms with Crippen molar-refractivity contribution in [3.05, 3.63) is 0 Å². The first kappa shape index (κ1) is 7.00. The molecule has 0 aromatic heterocycles. The smallest absolute Gasteiger partial charge is 0.118 e. The Bertz CT molecular complexity index is 84.9. The standard InChI is InChI=1S/C7H14FN/c1-5-3-2-4-6(9)7(5)8/h5-7H,2-4,9H2,1H3/t5-,6?,7?/m1/s1. The van der Waals surface area contributed by atoms with E-state index in [2.05, 4.69) is 0 Å². The summed E-state index contributed by atoms with van der Waals surface area (Å²) in [6.45, 7) is 1.93. The minimum absolute atomic E-state index is 0.186. The molecule has 1 saturated carbocycles. The number of halogens is 1. The third-order valence-electron chi connectivity index (χ3n) is 2.15. The highest BCUT2D eigenvalue weighted by molar-refractivity contribution is 4.81. The Hall–Kier alpha value is -0.110. The molecule has 1 aliphatic carbocycles. The Morgan fingerprint density at radius 1 is 1.44 bits per heavy atom. The van der Waals surface area contributed by atoms with Crippen molar-refractivity contribution < 1.29 is 4.39 Å². The minimum atomic E-state index is -0.751. The van der Waals surface area contributed by atoms with Crippen molar-refractivity contribution in [1.82, 2.24) is 0 Å². The summed E-state index contributed by atoms with van der Waals surface area (Å²) in [5, 5.41) is 0. The summed E-state index contributed by atoms with van der Waals surface area (Å²) in [4.78, 5) is 0. The zero-order valence-corrected chi connectivity index (χ0v) is 5.81. The number of nitrogens with two attached hydrogens (primary N) is 1. The van der Waals surface area contributed by atoms with Crippen LogP contribution in [0.2, 0.25) is 0 Å². The lowest BCUT2D eigenvalue weighted by atomic mass is 9.86. The van der Waals surface area contributed by atoms with E-state index in [9.17, 15) is 4.39 Å². The summed E-state index contributed by atoms with van der Waals surface area (Å²) in [5.41, 5.74) is 5.49. The van der Waals surface area contributed by atoms with Crippen LogP contribution in [0.5, 0.6) is 0 Å². The topological polar surface area (TPSA) is 26.0 Å². The molecular formula is C7H14FN. The maximum Gasteiger partial charge on any atom is 0.118 e. The maximum absolute atomic E-state index is 12.8. The molecule has 1 fully saturated rings. The van der Waals surface area contributed by atoms with Crippen molar-refractivity contribution in [3.63, 3.8) is 0 Å². The summed E-state index contributed by atoms with van der Waals surface area (Å²) in [6, 6.07) is -0.186. The zero-order chi connectivity index (χ0) is 6.85. The van der Waals surface area contributed by atoms with Crippen molar-refractivity contribution >= 4 is 0 Å². The number of rotatable bonds is 0. The van der Waals surface area contributed by atoms with Gasteiger partial charge in [-0.3, -0.25) is 0 Å². The average molecular weight is 131 g/mol. The molecule has 2 unspecified atom stereocenters. The highest BCUT2D eigenvalue weighted by Gasteiger charge is 2.27. The first-order chi connectivity index (χ1) is 4.22. The Morgan fingerprint density at radius 2 is 2.11 bits per heavy atom. The van der Waals surface area contributed by atoms with Gasteiger partial charge in [0.1, 0.15) is 6.17 Å². The summed E-state index contributed by atoms with van der Waals surface area (Å²) in [5.74, 6) is 0.189. The van der Waals surface area contributed by atoms with Crippen LogP contribution in [-0.2, 0) is 0 Å². The maximum atomic E-state index is 12.8. The Balaban J connectivity index is 2.41. The third-order valence-corrected chi connectivity index (χ3v) is 2.15. The fourth-order valence-corrected chi connectivity index (χ4v) is 1.42. The predicted molar refractivity (Wildman–Crippen MR) is 35.9 cm³/mol. The van der Waals surface area contributed by atoms with Gasteiger partial charge in [0, 0.05) is 6.04 Å². The molecule has 2 N–H and O–H groups in total. The van der Waals surface area contributed by atoms with Crippen LogP contribution in [0.1, 0.15) is 26.2 Å².